The van der Waals surface area contributed by atoms with Crippen LogP contribution in [0.1, 0.15) is 39.4 Å². The van der Waals surface area contributed by atoms with Crippen molar-refractivity contribution in [3.63, 3.8) is 0 Å². The molecule has 92 valence electrons. The summed E-state index contributed by atoms with van der Waals surface area (Å²) in [6.07, 6.45) is 2.30. The standard InChI is InChI=1S/C11H22N4S/c1-4-6-15-10(8-12)13-14-11(15)16-7-5-9(2)3/h9H,4-8,12H2,1-3H3. The molecule has 1 aromatic rings. The first-order valence-electron chi connectivity index (χ1n) is 5.94. The molecule has 0 aromatic carbocycles. The lowest BCUT2D eigenvalue weighted by Crippen LogP contribution is -2.09. The Balaban J connectivity index is 2.60. The van der Waals surface area contributed by atoms with E-state index < -0.39 is 0 Å². The van der Waals surface area contributed by atoms with Gasteiger partial charge in [-0.25, -0.2) is 0 Å². The van der Waals surface area contributed by atoms with Crippen LogP contribution in [-0.2, 0) is 13.1 Å². The number of hydrogen-bond donors (Lipinski definition) is 1. The fourth-order valence-electron chi connectivity index (χ4n) is 1.41. The van der Waals surface area contributed by atoms with E-state index in [9.17, 15) is 0 Å². The smallest absolute Gasteiger partial charge is 0.191 e. The van der Waals surface area contributed by atoms with Gasteiger partial charge >= 0.3 is 0 Å². The van der Waals surface area contributed by atoms with E-state index in [-0.39, 0.29) is 0 Å². The summed E-state index contributed by atoms with van der Waals surface area (Å²) in [6, 6.07) is 0. The molecule has 0 aliphatic carbocycles. The van der Waals surface area contributed by atoms with Gasteiger partial charge in [0.25, 0.3) is 0 Å². The van der Waals surface area contributed by atoms with Crippen LogP contribution in [0.25, 0.3) is 0 Å². The van der Waals surface area contributed by atoms with E-state index in [2.05, 4.69) is 35.5 Å². The quantitative estimate of drug-likeness (QED) is 0.745. The van der Waals surface area contributed by atoms with Crippen LogP contribution in [0, 0.1) is 5.92 Å². The summed E-state index contributed by atoms with van der Waals surface area (Å²) >= 11 is 1.79. The predicted molar refractivity (Wildman–Crippen MR) is 68.4 cm³/mol. The van der Waals surface area contributed by atoms with E-state index in [1.807, 2.05) is 0 Å². The van der Waals surface area contributed by atoms with Crippen molar-refractivity contribution < 1.29 is 0 Å². The fourth-order valence-corrected chi connectivity index (χ4v) is 2.63. The van der Waals surface area contributed by atoms with E-state index in [1.165, 1.54) is 6.42 Å². The Bertz CT molecular complexity index is 309. The highest BCUT2D eigenvalue weighted by molar-refractivity contribution is 7.99. The molecule has 0 amide bonds. The second-order valence-corrected chi connectivity index (χ2v) is 5.35. The van der Waals surface area contributed by atoms with Gasteiger partial charge in [0.2, 0.25) is 0 Å². The van der Waals surface area contributed by atoms with E-state index >= 15 is 0 Å². The zero-order chi connectivity index (χ0) is 12.0. The molecule has 0 fully saturated rings. The van der Waals surface area contributed by atoms with Gasteiger partial charge in [-0.15, -0.1) is 10.2 Å². The van der Waals surface area contributed by atoms with Crippen molar-refractivity contribution in [1.82, 2.24) is 14.8 Å². The molecule has 1 aromatic heterocycles. The third kappa shape index (κ3) is 3.79. The maximum Gasteiger partial charge on any atom is 0.191 e. The summed E-state index contributed by atoms with van der Waals surface area (Å²) in [6.45, 7) is 8.06. The number of nitrogens with two attached hydrogens (primary N) is 1. The Kier molecular flexibility index (Phi) is 5.84. The van der Waals surface area contributed by atoms with E-state index in [0.717, 1.165) is 35.6 Å². The van der Waals surface area contributed by atoms with Crippen molar-refractivity contribution in [2.75, 3.05) is 5.75 Å². The number of aromatic nitrogens is 3. The second-order valence-electron chi connectivity index (χ2n) is 4.29. The number of hydrogen-bond acceptors (Lipinski definition) is 4. The molecule has 0 spiro atoms. The average molecular weight is 242 g/mol. The fraction of sp³-hybridized carbons (Fsp3) is 0.818. The predicted octanol–water partition coefficient (Wildman–Crippen LogP) is 2.29. The van der Waals surface area contributed by atoms with Gasteiger partial charge in [-0.3, -0.25) is 0 Å². The minimum Gasteiger partial charge on any atom is -0.324 e. The van der Waals surface area contributed by atoms with Crippen LogP contribution in [-0.4, -0.2) is 20.5 Å². The highest BCUT2D eigenvalue weighted by Crippen LogP contribution is 2.19. The maximum absolute atomic E-state index is 5.64. The molecule has 4 nitrogen and oxygen atoms in total. The van der Waals surface area contributed by atoms with Crippen LogP contribution < -0.4 is 5.73 Å². The van der Waals surface area contributed by atoms with Crippen LogP contribution in [0.15, 0.2) is 5.16 Å². The molecule has 1 rings (SSSR count). The van der Waals surface area contributed by atoms with Gasteiger partial charge in [-0.05, 0) is 18.8 Å². The molecule has 16 heavy (non-hydrogen) atoms. The van der Waals surface area contributed by atoms with Gasteiger partial charge in [-0.2, -0.15) is 0 Å². The van der Waals surface area contributed by atoms with Gasteiger partial charge in [0.05, 0.1) is 6.54 Å². The molecule has 0 unspecified atom stereocenters. The molecule has 0 saturated heterocycles. The zero-order valence-corrected chi connectivity index (χ0v) is 11.3. The molecular formula is C11H22N4S. The van der Waals surface area contributed by atoms with Crippen LogP contribution in [0.3, 0.4) is 0 Å². The lowest BCUT2D eigenvalue weighted by molar-refractivity contribution is 0.590. The van der Waals surface area contributed by atoms with Gasteiger partial charge in [-0.1, -0.05) is 32.5 Å². The van der Waals surface area contributed by atoms with E-state index in [0.29, 0.717) is 6.54 Å². The topological polar surface area (TPSA) is 56.7 Å². The van der Waals surface area contributed by atoms with Gasteiger partial charge in [0, 0.05) is 12.3 Å². The van der Waals surface area contributed by atoms with Crippen molar-refractivity contribution in [3.8, 4) is 0 Å². The summed E-state index contributed by atoms with van der Waals surface area (Å²) in [4.78, 5) is 0. The summed E-state index contributed by atoms with van der Waals surface area (Å²) < 4.78 is 2.14. The summed E-state index contributed by atoms with van der Waals surface area (Å²) in [5.74, 6) is 2.74. The molecule has 2 N–H and O–H groups in total. The van der Waals surface area contributed by atoms with Crippen LogP contribution in [0.5, 0.6) is 0 Å². The molecule has 0 saturated carbocycles. The number of nitrogens with zero attached hydrogens (tertiary/aromatic N) is 3. The second kappa shape index (κ2) is 6.91. The van der Waals surface area contributed by atoms with Crippen molar-refractivity contribution in [1.29, 1.82) is 0 Å². The third-order valence-electron chi connectivity index (χ3n) is 2.35. The van der Waals surface area contributed by atoms with Crippen LogP contribution >= 0.6 is 11.8 Å². The third-order valence-corrected chi connectivity index (χ3v) is 3.35. The molecule has 0 atom stereocenters. The molecule has 0 bridgehead atoms. The molecule has 0 radical (unpaired) electrons. The first kappa shape index (κ1) is 13.5. The lowest BCUT2D eigenvalue weighted by atomic mass is 10.2. The minimum atomic E-state index is 0.470. The first-order chi connectivity index (χ1) is 7.69. The summed E-state index contributed by atoms with van der Waals surface area (Å²) in [5.41, 5.74) is 5.64. The van der Waals surface area contributed by atoms with Gasteiger partial charge in [0.15, 0.2) is 5.16 Å². The molecule has 5 heteroatoms. The molecule has 1 heterocycles. The lowest BCUT2D eigenvalue weighted by Gasteiger charge is -2.08. The Morgan fingerprint density at radius 3 is 2.69 bits per heavy atom. The van der Waals surface area contributed by atoms with E-state index in [4.69, 9.17) is 5.73 Å². The monoisotopic (exact) mass is 242 g/mol. The Morgan fingerprint density at radius 1 is 1.38 bits per heavy atom. The van der Waals surface area contributed by atoms with Crippen molar-refractivity contribution >= 4 is 11.8 Å². The minimum absolute atomic E-state index is 0.470. The molecule has 0 aliphatic heterocycles. The van der Waals surface area contributed by atoms with Crippen LogP contribution in [0.4, 0.5) is 0 Å². The molecule has 0 aliphatic rings. The van der Waals surface area contributed by atoms with Crippen molar-refractivity contribution in [2.45, 2.75) is 51.9 Å². The largest absolute Gasteiger partial charge is 0.324 e. The zero-order valence-electron chi connectivity index (χ0n) is 10.4. The summed E-state index contributed by atoms with van der Waals surface area (Å²) in [7, 11) is 0. The van der Waals surface area contributed by atoms with Crippen molar-refractivity contribution in [2.24, 2.45) is 11.7 Å². The summed E-state index contributed by atoms with van der Waals surface area (Å²) in [5, 5.41) is 9.33. The van der Waals surface area contributed by atoms with E-state index in [1.54, 1.807) is 11.8 Å². The highest BCUT2D eigenvalue weighted by atomic mass is 32.2. The Hall–Kier alpha value is -0.550. The number of rotatable bonds is 7. The van der Waals surface area contributed by atoms with Gasteiger partial charge < -0.3 is 10.3 Å². The highest BCUT2D eigenvalue weighted by Gasteiger charge is 2.10. The Morgan fingerprint density at radius 2 is 2.12 bits per heavy atom. The van der Waals surface area contributed by atoms with Crippen molar-refractivity contribution in [3.05, 3.63) is 5.82 Å². The first-order valence-corrected chi connectivity index (χ1v) is 6.92. The van der Waals surface area contributed by atoms with Gasteiger partial charge in [0.1, 0.15) is 5.82 Å². The average Bonchev–Trinajstić information content (AvgIpc) is 2.61. The SMILES string of the molecule is CCCn1c(CN)nnc1SCCC(C)C. The normalized spacial score (nSPS) is 11.3. The number of thioether (sulfide) groups is 1. The van der Waals surface area contributed by atoms with Crippen LogP contribution in [0.2, 0.25) is 0 Å². The maximum atomic E-state index is 5.64. The Labute approximate surface area is 102 Å². The molecular weight excluding hydrogens is 220 g/mol.